The number of carbonyl (C=O) groups is 3. The van der Waals surface area contributed by atoms with E-state index in [-0.39, 0.29) is 46.3 Å². The topological polar surface area (TPSA) is 142 Å². The number of fused-ring (bicyclic) bond motifs is 3. The number of anilines is 1. The van der Waals surface area contributed by atoms with Gasteiger partial charge >= 0.3 is 12.1 Å². The Hall–Kier alpha value is -5.04. The van der Waals surface area contributed by atoms with Gasteiger partial charge in [-0.3, -0.25) is 14.6 Å². The number of nitrogens with zero attached hydrogens (tertiary/aromatic N) is 3. The number of piperidine rings is 3. The van der Waals surface area contributed by atoms with Crippen LogP contribution in [-0.2, 0) is 22.5 Å². The highest BCUT2D eigenvalue weighted by Crippen LogP contribution is 2.41. The first-order chi connectivity index (χ1) is 25.1. The Morgan fingerprint density at radius 3 is 2.37 bits per heavy atom. The Kier molecular flexibility index (Phi) is 11.4. The molecule has 272 valence electrons. The van der Waals surface area contributed by atoms with E-state index in [2.05, 4.69) is 4.90 Å². The van der Waals surface area contributed by atoms with Gasteiger partial charge in [-0.25, -0.2) is 9.59 Å². The van der Waals surface area contributed by atoms with Crippen molar-refractivity contribution in [2.24, 2.45) is 5.92 Å². The summed E-state index contributed by atoms with van der Waals surface area (Å²) in [6.45, 7) is 2.72. The van der Waals surface area contributed by atoms with Gasteiger partial charge < -0.3 is 29.3 Å². The van der Waals surface area contributed by atoms with Crippen molar-refractivity contribution in [2.45, 2.75) is 37.8 Å². The van der Waals surface area contributed by atoms with Crippen molar-refractivity contribution in [3.8, 4) is 17.2 Å². The molecule has 2 atom stereocenters. The maximum atomic E-state index is 14.3. The first kappa shape index (κ1) is 36.7. The largest absolute Gasteiger partial charge is 0.619 e. The number of amides is 1. The van der Waals surface area contributed by atoms with Gasteiger partial charge in [-0.2, -0.15) is 4.73 Å². The van der Waals surface area contributed by atoms with E-state index in [4.69, 9.17) is 42.1 Å². The van der Waals surface area contributed by atoms with E-state index in [1.165, 1.54) is 37.6 Å². The number of aromatic nitrogens is 1. The van der Waals surface area contributed by atoms with Crippen LogP contribution in [0.3, 0.4) is 0 Å². The predicted molar refractivity (Wildman–Crippen MR) is 193 cm³/mol. The second-order valence-electron chi connectivity index (χ2n) is 12.7. The van der Waals surface area contributed by atoms with E-state index in [1.807, 2.05) is 0 Å². The van der Waals surface area contributed by atoms with Gasteiger partial charge in [0.15, 0.2) is 23.9 Å². The number of rotatable bonds is 13. The van der Waals surface area contributed by atoms with Gasteiger partial charge in [0, 0.05) is 24.1 Å². The molecule has 3 fully saturated rings. The molecule has 4 aromatic rings. The predicted octanol–water partition coefficient (Wildman–Crippen LogP) is 6.49. The Bertz CT molecular complexity index is 1950. The van der Waals surface area contributed by atoms with Gasteiger partial charge in [-0.15, -0.1) is 0 Å². The van der Waals surface area contributed by atoms with E-state index in [0.717, 1.165) is 25.9 Å². The summed E-state index contributed by atoms with van der Waals surface area (Å²) in [4.78, 5) is 42.2. The number of pyridine rings is 1. The summed E-state index contributed by atoms with van der Waals surface area (Å²) in [7, 11) is 3.00. The zero-order valence-electron chi connectivity index (χ0n) is 28.5. The number of ether oxygens (including phenoxy) is 4. The van der Waals surface area contributed by atoms with Crippen molar-refractivity contribution in [2.75, 3.05) is 38.8 Å². The molecule has 2 bridgehead atoms. The lowest BCUT2D eigenvalue weighted by Crippen LogP contribution is -2.53. The molecule has 0 radical (unpaired) electrons. The van der Waals surface area contributed by atoms with Crippen LogP contribution in [0, 0.1) is 11.1 Å². The maximum absolute atomic E-state index is 14.3. The van der Waals surface area contributed by atoms with Crippen LogP contribution in [0.1, 0.15) is 51.4 Å². The Balaban J connectivity index is 1.50. The smallest absolute Gasteiger partial charge is 0.414 e. The molecule has 4 heterocycles. The normalized spacial score (nSPS) is 18.3. The van der Waals surface area contributed by atoms with Crippen LogP contribution in [0.15, 0.2) is 73.1 Å². The average Bonchev–Trinajstić information content (AvgIpc) is 3.14. The lowest BCUT2D eigenvalue weighted by Gasteiger charge is -2.44. The summed E-state index contributed by atoms with van der Waals surface area (Å²) in [6.07, 6.45) is 3.33. The summed E-state index contributed by atoms with van der Waals surface area (Å²) in [5.74, 6) is -0.651. The Morgan fingerprint density at radius 2 is 1.73 bits per heavy atom. The highest BCUT2D eigenvalue weighted by atomic mass is 35.5. The third-order valence-electron chi connectivity index (χ3n) is 9.76. The quantitative estimate of drug-likeness (QED) is 0.0916. The molecule has 1 amide bonds. The Labute approximate surface area is 310 Å². The summed E-state index contributed by atoms with van der Waals surface area (Å²) in [5, 5.41) is 23.0. The summed E-state index contributed by atoms with van der Waals surface area (Å²) in [5.41, 5.74) is 2.24. The molecule has 14 heteroatoms. The monoisotopic (exact) mass is 749 g/mol. The molecule has 0 aliphatic carbocycles. The minimum atomic E-state index is -1.20. The summed E-state index contributed by atoms with van der Waals surface area (Å²) in [6, 6.07) is 16.5. The van der Waals surface area contributed by atoms with Gasteiger partial charge in [0.2, 0.25) is 0 Å². The number of hydrogen-bond acceptors (Lipinski definition) is 9. The van der Waals surface area contributed by atoms with E-state index in [1.54, 1.807) is 54.6 Å². The molecule has 12 nitrogen and oxygen atoms in total. The minimum absolute atomic E-state index is 0.0249. The number of aromatic carboxylic acids is 1. The van der Waals surface area contributed by atoms with E-state index in [9.17, 15) is 24.7 Å². The standard InChI is InChI=1S/C38H37Cl2N3O9/c1-49-33-10-9-24(15-34(33)50-2)29(17-30-31(39)19-42(48)20-32(30)40)36-25(5-3-8-28(36)37(45)46)18-43(26-6-4-7-27(16-26)51-22-44)38(47)52-35-21-41-13-11-23(35)12-14-41/h3-10,15-16,19-20,22-23,29,35H,11-14,17-18,21H2,1-2H3,(H,45,46)/t29-,35-/m0/s1. The van der Waals surface area contributed by atoms with Crippen LogP contribution in [0.5, 0.6) is 17.2 Å². The number of carboxylic acids is 1. The van der Waals surface area contributed by atoms with Crippen LogP contribution < -0.4 is 23.8 Å². The van der Waals surface area contributed by atoms with Crippen molar-refractivity contribution in [3.05, 3.63) is 116 Å². The van der Waals surface area contributed by atoms with E-state index < -0.39 is 18.0 Å². The minimum Gasteiger partial charge on any atom is -0.619 e. The van der Waals surface area contributed by atoms with Crippen LogP contribution in [0.2, 0.25) is 10.0 Å². The van der Waals surface area contributed by atoms with Gasteiger partial charge in [0.25, 0.3) is 6.47 Å². The third-order valence-corrected chi connectivity index (χ3v) is 10.4. The zero-order chi connectivity index (χ0) is 36.9. The van der Waals surface area contributed by atoms with Gasteiger partial charge in [-0.05, 0) is 85.3 Å². The van der Waals surface area contributed by atoms with Crippen molar-refractivity contribution < 1.29 is 43.2 Å². The van der Waals surface area contributed by atoms with Crippen molar-refractivity contribution in [1.29, 1.82) is 0 Å². The first-order valence-corrected chi connectivity index (χ1v) is 17.4. The fraction of sp³-hybridized carbons (Fsp3) is 0.316. The van der Waals surface area contributed by atoms with Gasteiger partial charge in [0.05, 0.1) is 32.0 Å². The first-order valence-electron chi connectivity index (χ1n) is 16.6. The van der Waals surface area contributed by atoms with E-state index in [0.29, 0.717) is 57.2 Å². The molecule has 1 N–H and O–H groups in total. The van der Waals surface area contributed by atoms with Crippen molar-refractivity contribution in [1.82, 2.24) is 4.90 Å². The number of carbonyl (C=O) groups excluding carboxylic acids is 2. The van der Waals surface area contributed by atoms with Crippen LogP contribution in [-0.4, -0.2) is 68.5 Å². The molecule has 3 aromatic carbocycles. The van der Waals surface area contributed by atoms with Crippen LogP contribution in [0.25, 0.3) is 0 Å². The molecule has 3 saturated heterocycles. The number of halogens is 2. The van der Waals surface area contributed by atoms with Crippen LogP contribution in [0.4, 0.5) is 10.5 Å². The van der Waals surface area contributed by atoms with Crippen molar-refractivity contribution >= 4 is 47.4 Å². The third kappa shape index (κ3) is 7.89. The average molecular weight is 751 g/mol. The second kappa shape index (κ2) is 16.1. The molecule has 3 aliphatic heterocycles. The molecular weight excluding hydrogens is 713 g/mol. The van der Waals surface area contributed by atoms with Crippen LogP contribution >= 0.6 is 23.2 Å². The molecule has 1 aromatic heterocycles. The second-order valence-corrected chi connectivity index (χ2v) is 13.5. The fourth-order valence-corrected chi connectivity index (χ4v) is 7.78. The number of carboxylic acid groups (broad SMARTS) is 1. The molecule has 3 aliphatic rings. The van der Waals surface area contributed by atoms with Gasteiger partial charge in [0.1, 0.15) is 21.9 Å². The lowest BCUT2D eigenvalue weighted by molar-refractivity contribution is -0.605. The number of methoxy groups -OCH3 is 2. The SMILES string of the molecule is COc1ccc([C@H](Cc2c(Cl)c[n+]([O-])cc2Cl)c2c(CN(C(=O)O[C@H]3CN4CCC3CC4)c3cccc(OC=O)c3)cccc2C(=O)O)cc1OC. The lowest BCUT2D eigenvalue weighted by atomic mass is 9.80. The molecular formula is C38H37Cl2N3O9. The highest BCUT2D eigenvalue weighted by molar-refractivity contribution is 6.35. The van der Waals surface area contributed by atoms with Crippen molar-refractivity contribution in [3.63, 3.8) is 0 Å². The van der Waals surface area contributed by atoms with E-state index >= 15 is 0 Å². The summed E-state index contributed by atoms with van der Waals surface area (Å²) < 4.78 is 22.9. The molecule has 0 spiro atoms. The zero-order valence-corrected chi connectivity index (χ0v) is 30.0. The number of benzene rings is 3. The van der Waals surface area contributed by atoms with Gasteiger partial charge in [-0.1, -0.05) is 47.5 Å². The highest BCUT2D eigenvalue weighted by Gasteiger charge is 2.38. The maximum Gasteiger partial charge on any atom is 0.414 e. The summed E-state index contributed by atoms with van der Waals surface area (Å²) >= 11 is 13.2. The molecule has 52 heavy (non-hydrogen) atoms. The molecule has 7 rings (SSSR count). The fourth-order valence-electron chi connectivity index (χ4n) is 7.18. The number of hydrogen-bond donors (Lipinski definition) is 1. The molecule has 0 unspecified atom stereocenters. The Morgan fingerprint density at radius 1 is 1.02 bits per heavy atom. The molecule has 0 saturated carbocycles.